The average Bonchev–Trinajstić information content (AvgIpc) is 2.98. The van der Waals surface area contributed by atoms with Gasteiger partial charge in [0.25, 0.3) is 0 Å². The molecule has 3 nitrogen and oxygen atoms in total. The van der Waals surface area contributed by atoms with Crippen LogP contribution in [-0.2, 0) is 4.74 Å². The van der Waals surface area contributed by atoms with Gasteiger partial charge in [-0.2, -0.15) is 0 Å². The molecule has 4 heteroatoms. The minimum atomic E-state index is -0.447. The van der Waals surface area contributed by atoms with Gasteiger partial charge in [-0.1, -0.05) is 30.4 Å². The third-order valence-electron chi connectivity index (χ3n) is 4.37. The highest BCUT2D eigenvalue weighted by atomic mass is 32.2. The van der Waals surface area contributed by atoms with Gasteiger partial charge in [0.2, 0.25) is 0 Å². The van der Waals surface area contributed by atoms with Crippen LogP contribution < -0.4 is 0 Å². The van der Waals surface area contributed by atoms with E-state index in [1.54, 1.807) is 0 Å². The van der Waals surface area contributed by atoms with Gasteiger partial charge < -0.3 is 4.74 Å². The summed E-state index contributed by atoms with van der Waals surface area (Å²) >= 11 is 1.91. The first kappa shape index (κ1) is 16.4. The van der Waals surface area contributed by atoms with E-state index < -0.39 is 5.60 Å². The first-order chi connectivity index (χ1) is 10.8. The van der Waals surface area contributed by atoms with E-state index in [0.717, 1.165) is 6.54 Å². The lowest BCUT2D eigenvalue weighted by molar-refractivity contribution is 0.0248. The normalized spacial score (nSPS) is 26.0. The van der Waals surface area contributed by atoms with Crippen molar-refractivity contribution >= 4 is 17.9 Å². The molecule has 1 saturated heterocycles. The van der Waals surface area contributed by atoms with Crippen molar-refractivity contribution < 1.29 is 9.53 Å². The molecule has 124 valence electrons. The Kier molecular flexibility index (Phi) is 4.21. The number of aryl methyl sites for hydroxylation is 2. The number of fused-ring (bicyclic) bond motifs is 2. The monoisotopic (exact) mass is 331 g/mol. The summed E-state index contributed by atoms with van der Waals surface area (Å²) in [4.78, 5) is 15.7. The van der Waals surface area contributed by atoms with Gasteiger partial charge in [-0.15, -0.1) is 11.8 Å². The summed E-state index contributed by atoms with van der Waals surface area (Å²) in [6.45, 7) is 10.8. The van der Waals surface area contributed by atoms with E-state index in [-0.39, 0.29) is 12.1 Å². The quantitative estimate of drug-likeness (QED) is 0.744. The molecule has 3 atom stereocenters. The van der Waals surface area contributed by atoms with E-state index in [4.69, 9.17) is 4.74 Å². The van der Waals surface area contributed by atoms with E-state index in [2.05, 4.69) is 44.2 Å². The zero-order valence-electron chi connectivity index (χ0n) is 14.5. The van der Waals surface area contributed by atoms with E-state index in [1.807, 2.05) is 37.4 Å². The minimum absolute atomic E-state index is 0.138. The fraction of sp³-hybridized carbons (Fsp3) is 0.526. The first-order valence-electron chi connectivity index (χ1n) is 8.17. The molecule has 1 aromatic carbocycles. The van der Waals surface area contributed by atoms with Crippen LogP contribution >= 0.6 is 11.8 Å². The second kappa shape index (κ2) is 5.90. The Bertz CT molecular complexity index is 627. The van der Waals surface area contributed by atoms with Crippen molar-refractivity contribution in [1.29, 1.82) is 0 Å². The van der Waals surface area contributed by atoms with Crippen molar-refractivity contribution in [1.82, 2.24) is 4.90 Å². The van der Waals surface area contributed by atoms with E-state index in [1.165, 1.54) is 16.0 Å². The average molecular weight is 331 g/mol. The Morgan fingerprint density at radius 1 is 1.22 bits per heavy atom. The largest absolute Gasteiger partial charge is 0.444 e. The highest BCUT2D eigenvalue weighted by molar-refractivity contribution is 8.00. The van der Waals surface area contributed by atoms with Crippen molar-refractivity contribution in [2.24, 2.45) is 5.92 Å². The highest BCUT2D eigenvalue weighted by Crippen LogP contribution is 2.45. The molecule has 1 aliphatic carbocycles. The molecule has 1 aromatic rings. The van der Waals surface area contributed by atoms with Crippen molar-refractivity contribution in [2.45, 2.75) is 56.4 Å². The van der Waals surface area contributed by atoms with E-state index in [9.17, 15) is 4.79 Å². The SMILES string of the molecule is Cc1cccc(C)c1S[C@@H]1[C@H]2C=C[C@@H]1N(C(=O)OC(C)(C)C)C2. The molecule has 1 amide bonds. The van der Waals surface area contributed by atoms with Crippen LogP contribution in [0.15, 0.2) is 35.2 Å². The maximum atomic E-state index is 12.4. The molecular weight excluding hydrogens is 306 g/mol. The summed E-state index contributed by atoms with van der Waals surface area (Å²) in [5, 5.41) is 0.391. The van der Waals surface area contributed by atoms with Crippen LogP contribution in [0.4, 0.5) is 4.79 Å². The molecule has 1 aliphatic heterocycles. The van der Waals surface area contributed by atoms with Crippen molar-refractivity contribution in [3.05, 3.63) is 41.5 Å². The molecule has 1 heterocycles. The molecule has 2 aliphatic rings. The lowest BCUT2D eigenvalue weighted by Gasteiger charge is -2.29. The Morgan fingerprint density at radius 2 is 1.87 bits per heavy atom. The number of benzene rings is 1. The Hall–Kier alpha value is -1.42. The number of nitrogens with zero attached hydrogens (tertiary/aromatic N) is 1. The summed E-state index contributed by atoms with van der Waals surface area (Å²) in [7, 11) is 0. The third kappa shape index (κ3) is 3.27. The number of hydrogen-bond donors (Lipinski definition) is 0. The van der Waals surface area contributed by atoms with Crippen molar-refractivity contribution in [3.63, 3.8) is 0 Å². The summed E-state index contributed by atoms with van der Waals surface area (Å²) in [6.07, 6.45) is 4.24. The number of carbonyl (C=O) groups excluding carboxylic acids is 1. The molecule has 1 fully saturated rings. The molecule has 0 unspecified atom stereocenters. The van der Waals surface area contributed by atoms with Crippen molar-refractivity contribution in [3.8, 4) is 0 Å². The molecule has 0 saturated carbocycles. The lowest BCUT2D eigenvalue weighted by atomic mass is 10.1. The van der Waals surface area contributed by atoms with E-state index >= 15 is 0 Å². The van der Waals surface area contributed by atoms with Gasteiger partial charge in [-0.05, 0) is 45.7 Å². The number of amides is 1. The molecule has 2 bridgehead atoms. The van der Waals surface area contributed by atoms with Crippen LogP contribution in [0.2, 0.25) is 0 Å². The molecular formula is C19H25NO2S. The van der Waals surface area contributed by atoms with Crippen LogP contribution in [0.1, 0.15) is 31.9 Å². The summed E-state index contributed by atoms with van der Waals surface area (Å²) in [6, 6.07) is 6.55. The number of likely N-dealkylation sites (tertiary alicyclic amines) is 1. The van der Waals surface area contributed by atoms with E-state index in [0.29, 0.717) is 11.2 Å². The predicted molar refractivity (Wildman–Crippen MR) is 94.9 cm³/mol. The summed E-state index contributed by atoms with van der Waals surface area (Å²) < 4.78 is 5.56. The molecule has 3 rings (SSSR count). The fourth-order valence-electron chi connectivity index (χ4n) is 3.32. The standard InChI is InChI=1S/C19H25NO2S/c1-12-7-6-8-13(2)16(12)23-17-14-9-10-15(17)20(11-14)18(21)22-19(3,4)5/h6-10,14-15,17H,11H2,1-5H3/t14-,15-,17+/m0/s1. The fourth-order valence-corrected chi connectivity index (χ4v) is 4.83. The number of carbonyl (C=O) groups is 1. The number of thioether (sulfide) groups is 1. The number of rotatable bonds is 2. The molecule has 0 spiro atoms. The van der Waals surface area contributed by atoms with Gasteiger partial charge in [0.1, 0.15) is 5.60 Å². The minimum Gasteiger partial charge on any atom is -0.444 e. The second-order valence-electron chi connectivity index (χ2n) is 7.48. The smallest absolute Gasteiger partial charge is 0.410 e. The lowest BCUT2D eigenvalue weighted by Crippen LogP contribution is -2.41. The van der Waals surface area contributed by atoms with Crippen LogP contribution in [-0.4, -0.2) is 34.4 Å². The van der Waals surface area contributed by atoms with Gasteiger partial charge >= 0.3 is 6.09 Å². The molecule has 0 aromatic heterocycles. The Morgan fingerprint density at radius 3 is 2.48 bits per heavy atom. The third-order valence-corrected chi connectivity index (χ3v) is 6.15. The Balaban J connectivity index is 1.76. The van der Waals surface area contributed by atoms with Crippen LogP contribution in [0.3, 0.4) is 0 Å². The second-order valence-corrected chi connectivity index (χ2v) is 8.66. The van der Waals surface area contributed by atoms with Crippen LogP contribution in [0, 0.1) is 19.8 Å². The predicted octanol–water partition coefficient (Wildman–Crippen LogP) is 4.57. The summed E-state index contributed by atoms with van der Waals surface area (Å²) in [5.74, 6) is 0.413. The Labute approximate surface area is 143 Å². The molecule has 0 radical (unpaired) electrons. The maximum Gasteiger partial charge on any atom is 0.410 e. The maximum absolute atomic E-state index is 12.4. The first-order valence-corrected chi connectivity index (χ1v) is 9.05. The van der Waals surface area contributed by atoms with Gasteiger partial charge in [-0.3, -0.25) is 4.90 Å². The van der Waals surface area contributed by atoms with Gasteiger partial charge in [0.15, 0.2) is 0 Å². The number of hydrogen-bond acceptors (Lipinski definition) is 3. The van der Waals surface area contributed by atoms with Gasteiger partial charge in [0.05, 0.1) is 6.04 Å². The zero-order chi connectivity index (χ0) is 16.8. The van der Waals surface area contributed by atoms with Gasteiger partial charge in [0, 0.05) is 22.6 Å². The van der Waals surface area contributed by atoms with Crippen LogP contribution in [0.25, 0.3) is 0 Å². The van der Waals surface area contributed by atoms with Crippen LogP contribution in [0.5, 0.6) is 0 Å². The van der Waals surface area contributed by atoms with Gasteiger partial charge in [-0.25, -0.2) is 4.79 Å². The zero-order valence-corrected chi connectivity index (χ0v) is 15.3. The molecule has 23 heavy (non-hydrogen) atoms. The summed E-state index contributed by atoms with van der Waals surface area (Å²) in [5.41, 5.74) is 2.17. The number of ether oxygens (including phenoxy) is 1. The highest BCUT2D eigenvalue weighted by Gasteiger charge is 2.47. The topological polar surface area (TPSA) is 29.5 Å². The molecule has 0 N–H and O–H groups in total. The van der Waals surface area contributed by atoms with Crippen molar-refractivity contribution in [2.75, 3.05) is 6.54 Å².